The van der Waals surface area contributed by atoms with Gasteiger partial charge in [-0.05, 0) is 29.8 Å². The van der Waals surface area contributed by atoms with Crippen LogP contribution in [0.5, 0.6) is 0 Å². The highest BCUT2D eigenvalue weighted by molar-refractivity contribution is 5.89. The lowest BCUT2D eigenvalue weighted by atomic mass is 10.1. The number of carbonyl (C=O) groups excluding carboxylic acids is 2. The van der Waals surface area contributed by atoms with Crippen LogP contribution in [0.25, 0.3) is 0 Å². The Morgan fingerprint density at radius 1 is 1.12 bits per heavy atom. The number of hydrogen-bond acceptors (Lipinski definition) is 4. The lowest BCUT2D eigenvalue weighted by Gasteiger charge is -2.35. The predicted molar refractivity (Wildman–Crippen MR) is 101 cm³/mol. The van der Waals surface area contributed by atoms with E-state index in [1.54, 1.807) is 18.1 Å². The van der Waals surface area contributed by atoms with E-state index in [1.807, 2.05) is 42.6 Å². The molecule has 0 saturated carbocycles. The first-order valence-electron chi connectivity index (χ1n) is 8.66. The molecule has 0 bridgehead atoms. The molecule has 3 rings (SSSR count). The Morgan fingerprint density at radius 3 is 2.62 bits per heavy atom. The molecule has 3 amide bonds. The van der Waals surface area contributed by atoms with Crippen molar-refractivity contribution in [2.45, 2.75) is 6.42 Å². The number of nitrogens with zero attached hydrogens (tertiary/aromatic N) is 3. The number of carbonyl (C=O) groups is 2. The molecule has 0 aliphatic carbocycles. The number of amides is 3. The second-order valence-electron chi connectivity index (χ2n) is 6.17. The van der Waals surface area contributed by atoms with Gasteiger partial charge in [-0.1, -0.05) is 12.1 Å². The molecule has 136 valence electrons. The van der Waals surface area contributed by atoms with Crippen molar-refractivity contribution >= 4 is 23.3 Å². The number of pyridine rings is 1. The minimum absolute atomic E-state index is 0.0556. The highest BCUT2D eigenvalue weighted by Gasteiger charge is 2.21. The number of piperazine rings is 1. The smallest absolute Gasteiger partial charge is 0.321 e. The third-order valence-electron chi connectivity index (χ3n) is 4.40. The number of urea groups is 1. The maximum absolute atomic E-state index is 12.5. The van der Waals surface area contributed by atoms with Crippen LogP contribution in [-0.2, 0) is 11.2 Å². The second-order valence-corrected chi connectivity index (χ2v) is 6.17. The summed E-state index contributed by atoms with van der Waals surface area (Å²) < 4.78 is 0. The van der Waals surface area contributed by atoms with E-state index < -0.39 is 0 Å². The minimum atomic E-state index is -0.118. The van der Waals surface area contributed by atoms with Crippen molar-refractivity contribution in [1.82, 2.24) is 15.2 Å². The number of likely N-dealkylation sites (N-methyl/N-ethyl adjacent to an activating group) is 1. The predicted octanol–water partition coefficient (Wildman–Crippen LogP) is 1.72. The van der Waals surface area contributed by atoms with Gasteiger partial charge in [0, 0.05) is 45.1 Å². The van der Waals surface area contributed by atoms with Crippen LogP contribution in [0.4, 0.5) is 16.2 Å². The molecule has 1 fully saturated rings. The lowest BCUT2D eigenvalue weighted by molar-refractivity contribution is -0.119. The molecular formula is C19H23N5O2. The molecule has 1 aromatic carbocycles. The van der Waals surface area contributed by atoms with E-state index in [4.69, 9.17) is 0 Å². The molecule has 7 nitrogen and oxygen atoms in total. The molecule has 1 aliphatic heterocycles. The molecule has 0 spiro atoms. The van der Waals surface area contributed by atoms with Gasteiger partial charge in [0.05, 0.1) is 18.3 Å². The quantitative estimate of drug-likeness (QED) is 0.877. The Balaban J connectivity index is 1.54. The van der Waals surface area contributed by atoms with Crippen molar-refractivity contribution in [3.05, 3.63) is 54.4 Å². The Bertz CT molecular complexity index is 758. The molecule has 1 aromatic heterocycles. The number of rotatable bonds is 4. The fraction of sp³-hybridized carbons (Fsp3) is 0.316. The lowest BCUT2D eigenvalue weighted by Crippen LogP contribution is -2.50. The Labute approximate surface area is 153 Å². The summed E-state index contributed by atoms with van der Waals surface area (Å²) in [6, 6.07) is 11.2. The van der Waals surface area contributed by atoms with Crippen molar-refractivity contribution in [3.8, 4) is 0 Å². The van der Waals surface area contributed by atoms with Gasteiger partial charge >= 0.3 is 6.03 Å². The maximum Gasteiger partial charge on any atom is 0.321 e. The zero-order chi connectivity index (χ0) is 18.4. The summed E-state index contributed by atoms with van der Waals surface area (Å²) in [6.45, 7) is 2.85. The summed E-state index contributed by atoms with van der Waals surface area (Å²) in [5, 5.41) is 5.52. The van der Waals surface area contributed by atoms with E-state index in [2.05, 4.69) is 20.5 Å². The number of benzene rings is 1. The summed E-state index contributed by atoms with van der Waals surface area (Å²) in [6.07, 6.45) is 3.89. The van der Waals surface area contributed by atoms with Crippen LogP contribution in [0.1, 0.15) is 5.56 Å². The number of hydrogen-bond donors (Lipinski definition) is 2. The fourth-order valence-corrected chi connectivity index (χ4v) is 2.94. The van der Waals surface area contributed by atoms with E-state index >= 15 is 0 Å². The van der Waals surface area contributed by atoms with Gasteiger partial charge < -0.3 is 20.4 Å². The van der Waals surface area contributed by atoms with Gasteiger partial charge in [-0.2, -0.15) is 0 Å². The van der Waals surface area contributed by atoms with Gasteiger partial charge in [-0.15, -0.1) is 0 Å². The molecule has 0 atom stereocenters. The average molecular weight is 353 g/mol. The van der Waals surface area contributed by atoms with E-state index in [0.717, 1.165) is 24.3 Å². The first-order valence-corrected chi connectivity index (χ1v) is 8.66. The third-order valence-corrected chi connectivity index (χ3v) is 4.40. The SMILES string of the molecule is CNC(=O)Cc1cccc(NC(=O)N2CCN(c3cccnc3)CC2)c1. The van der Waals surface area contributed by atoms with Crippen molar-refractivity contribution in [1.29, 1.82) is 0 Å². The molecule has 2 aromatic rings. The first kappa shape index (κ1) is 17.7. The molecule has 1 aliphatic rings. The third kappa shape index (κ3) is 4.50. The highest BCUT2D eigenvalue weighted by Crippen LogP contribution is 2.16. The number of aromatic nitrogens is 1. The van der Waals surface area contributed by atoms with E-state index in [1.165, 1.54) is 0 Å². The largest absolute Gasteiger partial charge is 0.367 e. The zero-order valence-corrected chi connectivity index (χ0v) is 14.8. The Kier molecular flexibility index (Phi) is 5.68. The van der Waals surface area contributed by atoms with Crippen LogP contribution >= 0.6 is 0 Å². The van der Waals surface area contributed by atoms with Crippen molar-refractivity contribution < 1.29 is 9.59 Å². The van der Waals surface area contributed by atoms with Gasteiger partial charge in [-0.25, -0.2) is 4.79 Å². The molecular weight excluding hydrogens is 330 g/mol. The van der Waals surface area contributed by atoms with Gasteiger partial charge in [0.2, 0.25) is 5.91 Å². The minimum Gasteiger partial charge on any atom is -0.367 e. The number of anilines is 2. The van der Waals surface area contributed by atoms with E-state index in [0.29, 0.717) is 25.2 Å². The van der Waals surface area contributed by atoms with Crippen LogP contribution in [0.15, 0.2) is 48.8 Å². The normalized spacial score (nSPS) is 14.0. The Hall–Kier alpha value is -3.09. The summed E-state index contributed by atoms with van der Waals surface area (Å²) in [4.78, 5) is 32.2. The summed E-state index contributed by atoms with van der Waals surface area (Å²) in [7, 11) is 1.61. The molecule has 2 N–H and O–H groups in total. The van der Waals surface area contributed by atoms with Crippen LogP contribution < -0.4 is 15.5 Å². The van der Waals surface area contributed by atoms with Gasteiger partial charge in [0.1, 0.15) is 0 Å². The summed E-state index contributed by atoms with van der Waals surface area (Å²) in [5.74, 6) is -0.0556. The number of nitrogens with one attached hydrogen (secondary N) is 2. The first-order chi connectivity index (χ1) is 12.7. The topological polar surface area (TPSA) is 77.6 Å². The van der Waals surface area contributed by atoms with Crippen LogP contribution in [0.2, 0.25) is 0 Å². The van der Waals surface area contributed by atoms with E-state index in [-0.39, 0.29) is 11.9 Å². The molecule has 26 heavy (non-hydrogen) atoms. The molecule has 0 radical (unpaired) electrons. The molecule has 7 heteroatoms. The van der Waals surface area contributed by atoms with Crippen LogP contribution in [0, 0.1) is 0 Å². The van der Waals surface area contributed by atoms with Crippen LogP contribution in [0.3, 0.4) is 0 Å². The summed E-state index contributed by atoms with van der Waals surface area (Å²) in [5.41, 5.74) is 2.64. The summed E-state index contributed by atoms with van der Waals surface area (Å²) >= 11 is 0. The Morgan fingerprint density at radius 2 is 1.92 bits per heavy atom. The van der Waals surface area contributed by atoms with Crippen molar-refractivity contribution in [3.63, 3.8) is 0 Å². The second kappa shape index (κ2) is 8.33. The van der Waals surface area contributed by atoms with Gasteiger partial charge in [0.15, 0.2) is 0 Å². The van der Waals surface area contributed by atoms with Crippen molar-refractivity contribution in [2.24, 2.45) is 0 Å². The van der Waals surface area contributed by atoms with Crippen LogP contribution in [-0.4, -0.2) is 55.0 Å². The molecule has 1 saturated heterocycles. The highest BCUT2D eigenvalue weighted by atomic mass is 16.2. The molecule has 0 unspecified atom stereocenters. The molecule has 2 heterocycles. The van der Waals surface area contributed by atoms with Crippen molar-refractivity contribution in [2.75, 3.05) is 43.4 Å². The average Bonchev–Trinajstić information content (AvgIpc) is 2.69. The van der Waals surface area contributed by atoms with Gasteiger partial charge in [0.25, 0.3) is 0 Å². The van der Waals surface area contributed by atoms with Gasteiger partial charge in [-0.3, -0.25) is 9.78 Å². The monoisotopic (exact) mass is 353 g/mol. The van der Waals surface area contributed by atoms with E-state index in [9.17, 15) is 9.59 Å². The zero-order valence-electron chi connectivity index (χ0n) is 14.8. The maximum atomic E-state index is 12.5. The fourth-order valence-electron chi connectivity index (χ4n) is 2.94. The standard InChI is InChI=1S/C19H23N5O2/c1-20-18(25)13-15-4-2-5-16(12-15)22-19(26)24-10-8-23(9-11-24)17-6-3-7-21-14-17/h2-7,12,14H,8-11,13H2,1H3,(H,20,25)(H,22,26).